The van der Waals surface area contributed by atoms with Crippen molar-refractivity contribution >= 4 is 17.3 Å². The van der Waals surface area contributed by atoms with Crippen molar-refractivity contribution < 1.29 is 17.0 Å². The van der Waals surface area contributed by atoms with Crippen molar-refractivity contribution in [2.24, 2.45) is 0 Å². The van der Waals surface area contributed by atoms with Gasteiger partial charge >= 0.3 is 0 Å². The summed E-state index contributed by atoms with van der Waals surface area (Å²) in [5, 5.41) is 0. The highest BCUT2D eigenvalue weighted by atomic mass is 35.5. The molecule has 0 heterocycles. The molecule has 0 aliphatic carbocycles. The van der Waals surface area contributed by atoms with Crippen LogP contribution in [0, 0.1) is 0 Å². The van der Waals surface area contributed by atoms with Crippen LogP contribution < -0.4 is 12.4 Å². The topological polar surface area (TPSA) is 3.01 Å². The molecule has 0 aromatic carbocycles. The van der Waals surface area contributed by atoms with Crippen molar-refractivity contribution in [1.82, 2.24) is 0 Å². The van der Waals surface area contributed by atoms with Gasteiger partial charge in [0.1, 0.15) is 13.1 Å². The van der Waals surface area contributed by atoms with Gasteiger partial charge in [-0.05, 0) is 11.6 Å². The van der Waals surface area contributed by atoms with Crippen LogP contribution in [0.5, 0.6) is 0 Å². The lowest BCUT2D eigenvalue weighted by Gasteiger charge is -1.99. The monoisotopic (exact) mass is 211 g/mol. The van der Waals surface area contributed by atoms with Crippen LogP contribution in [0.4, 0.5) is 0 Å². The third-order valence-corrected chi connectivity index (χ3v) is 2.01. The summed E-state index contributed by atoms with van der Waals surface area (Å²) >= 11 is 5.64. The summed E-state index contributed by atoms with van der Waals surface area (Å²) in [6.07, 6.45) is 4.97. The molecule has 0 saturated carbocycles. The third-order valence-electron chi connectivity index (χ3n) is 1.74. The standard InChI is InChI=1S/C9H19ClN.ClH/c1-3-5-7-11(9-10)8-6-4-2;/h9H,3-8H2,1-2H3;1H/q+1;/p-1. The average molecular weight is 212 g/mol. The molecule has 0 N–H and O–H groups in total. The molecular formula is C9H19Cl2N. The second-order valence-corrected chi connectivity index (χ2v) is 3.04. The smallest absolute Gasteiger partial charge is 0.232 e. The second-order valence-electron chi connectivity index (χ2n) is 2.84. The maximum absolute atomic E-state index is 5.64. The molecule has 0 atom stereocenters. The van der Waals surface area contributed by atoms with Crippen LogP contribution >= 0.6 is 11.6 Å². The lowest BCUT2D eigenvalue weighted by molar-refractivity contribution is -0.522. The van der Waals surface area contributed by atoms with Gasteiger partial charge in [0.2, 0.25) is 5.67 Å². The van der Waals surface area contributed by atoms with Crippen molar-refractivity contribution in [3.05, 3.63) is 0 Å². The number of unbranched alkanes of at least 4 members (excludes halogenated alkanes) is 2. The molecule has 0 aromatic heterocycles. The van der Waals surface area contributed by atoms with Crippen LogP contribution in [0.1, 0.15) is 39.5 Å². The normalized spacial score (nSPS) is 8.92. The van der Waals surface area contributed by atoms with E-state index in [1.807, 2.05) is 0 Å². The molecule has 74 valence electrons. The largest absolute Gasteiger partial charge is 1.00 e. The second kappa shape index (κ2) is 11.2. The van der Waals surface area contributed by atoms with Crippen LogP contribution in [-0.4, -0.2) is 23.3 Å². The number of hydrogen-bond acceptors (Lipinski definition) is 0. The van der Waals surface area contributed by atoms with Gasteiger partial charge in [-0.25, -0.2) is 4.58 Å². The fourth-order valence-electron chi connectivity index (χ4n) is 0.932. The molecule has 0 amide bonds. The van der Waals surface area contributed by atoms with E-state index >= 15 is 0 Å². The minimum Gasteiger partial charge on any atom is -1.00 e. The van der Waals surface area contributed by atoms with E-state index < -0.39 is 0 Å². The van der Waals surface area contributed by atoms with Crippen molar-refractivity contribution in [3.8, 4) is 0 Å². The summed E-state index contributed by atoms with van der Waals surface area (Å²) in [7, 11) is 0. The zero-order chi connectivity index (χ0) is 8.53. The van der Waals surface area contributed by atoms with Gasteiger partial charge in [-0.15, -0.1) is 0 Å². The Bertz CT molecular complexity index is 103. The number of nitrogens with zero attached hydrogens (tertiary/aromatic N) is 1. The molecule has 0 aliphatic heterocycles. The van der Waals surface area contributed by atoms with Gasteiger partial charge in [0.05, 0.1) is 0 Å². The van der Waals surface area contributed by atoms with E-state index in [0.29, 0.717) is 0 Å². The Hall–Kier alpha value is 0.250. The molecule has 0 bridgehead atoms. The molecule has 0 radical (unpaired) electrons. The lowest BCUT2D eigenvalue weighted by atomic mass is 10.3. The van der Waals surface area contributed by atoms with Gasteiger partial charge in [-0.2, -0.15) is 0 Å². The van der Waals surface area contributed by atoms with Crippen LogP contribution in [0.2, 0.25) is 0 Å². The van der Waals surface area contributed by atoms with E-state index in [4.69, 9.17) is 11.6 Å². The minimum absolute atomic E-state index is 0. The van der Waals surface area contributed by atoms with Crippen molar-refractivity contribution in [2.75, 3.05) is 13.1 Å². The van der Waals surface area contributed by atoms with E-state index in [0.717, 1.165) is 13.1 Å². The van der Waals surface area contributed by atoms with Crippen LogP contribution in [0.25, 0.3) is 0 Å². The van der Waals surface area contributed by atoms with Gasteiger partial charge in [-0.1, -0.05) is 26.7 Å². The first kappa shape index (κ1) is 14.8. The van der Waals surface area contributed by atoms with Gasteiger partial charge < -0.3 is 12.4 Å². The minimum atomic E-state index is 0. The number of halogens is 2. The van der Waals surface area contributed by atoms with Gasteiger partial charge in [0, 0.05) is 12.8 Å². The molecule has 12 heavy (non-hydrogen) atoms. The summed E-state index contributed by atoms with van der Waals surface area (Å²) in [6.45, 7) is 6.62. The summed E-state index contributed by atoms with van der Waals surface area (Å²) in [4.78, 5) is 0. The molecule has 0 unspecified atom stereocenters. The van der Waals surface area contributed by atoms with E-state index in [9.17, 15) is 0 Å². The molecule has 0 spiro atoms. The zero-order valence-corrected chi connectivity index (χ0v) is 9.53. The quantitative estimate of drug-likeness (QED) is 0.426. The fraction of sp³-hybridized carbons (Fsp3) is 0.889. The van der Waals surface area contributed by atoms with Crippen molar-refractivity contribution in [1.29, 1.82) is 0 Å². The Morgan fingerprint density at radius 3 is 1.75 bits per heavy atom. The Balaban J connectivity index is 0. The Morgan fingerprint density at radius 2 is 1.50 bits per heavy atom. The third kappa shape index (κ3) is 8.35. The first-order valence-electron chi connectivity index (χ1n) is 4.52. The van der Waals surface area contributed by atoms with Gasteiger partial charge in [0.15, 0.2) is 0 Å². The molecular weight excluding hydrogens is 193 g/mol. The Labute approximate surface area is 87.2 Å². The molecule has 0 rings (SSSR count). The molecule has 0 aliphatic rings. The predicted octanol–water partition coefficient (Wildman–Crippen LogP) is -0.130. The van der Waals surface area contributed by atoms with Gasteiger partial charge in [-0.3, -0.25) is 0 Å². The van der Waals surface area contributed by atoms with Crippen LogP contribution in [0.15, 0.2) is 0 Å². The fourth-order valence-corrected chi connectivity index (χ4v) is 1.13. The van der Waals surface area contributed by atoms with E-state index in [-0.39, 0.29) is 12.4 Å². The molecule has 0 saturated heterocycles. The highest BCUT2D eigenvalue weighted by Crippen LogP contribution is 1.92. The predicted molar refractivity (Wildman–Crippen MR) is 51.7 cm³/mol. The lowest BCUT2D eigenvalue weighted by Crippen LogP contribution is -3.00. The molecule has 0 aromatic rings. The highest BCUT2D eigenvalue weighted by molar-refractivity contribution is 6.54. The summed E-state index contributed by atoms with van der Waals surface area (Å²) in [5.41, 5.74) is 1.69. The first-order valence-corrected chi connectivity index (χ1v) is 4.96. The first-order chi connectivity index (χ1) is 5.35. The maximum Gasteiger partial charge on any atom is 0.232 e. The van der Waals surface area contributed by atoms with Crippen LogP contribution in [-0.2, 0) is 0 Å². The summed E-state index contributed by atoms with van der Waals surface area (Å²) in [5.74, 6) is 0. The zero-order valence-electron chi connectivity index (χ0n) is 8.02. The molecule has 1 nitrogen and oxygen atoms in total. The van der Waals surface area contributed by atoms with Crippen molar-refractivity contribution in [2.45, 2.75) is 39.5 Å². The Kier molecular flexibility index (Phi) is 13.8. The van der Waals surface area contributed by atoms with E-state index in [2.05, 4.69) is 18.4 Å². The molecule has 3 heteroatoms. The average Bonchev–Trinajstić information content (AvgIpc) is 2.05. The highest BCUT2D eigenvalue weighted by Gasteiger charge is 2.00. The van der Waals surface area contributed by atoms with E-state index in [1.54, 1.807) is 5.67 Å². The van der Waals surface area contributed by atoms with Gasteiger partial charge in [0.25, 0.3) is 0 Å². The van der Waals surface area contributed by atoms with E-state index in [1.165, 1.54) is 25.7 Å². The van der Waals surface area contributed by atoms with Crippen molar-refractivity contribution in [3.63, 3.8) is 0 Å². The maximum atomic E-state index is 5.64. The Morgan fingerprint density at radius 1 is 1.08 bits per heavy atom. The van der Waals surface area contributed by atoms with Crippen LogP contribution in [0.3, 0.4) is 0 Å². The number of rotatable bonds is 6. The summed E-state index contributed by atoms with van der Waals surface area (Å²) in [6, 6.07) is 0. The molecule has 0 fully saturated rings. The SMILES string of the molecule is CCCC[N+](=CCl)CCCC.[Cl-]. The number of hydrogen-bond donors (Lipinski definition) is 0. The summed E-state index contributed by atoms with van der Waals surface area (Å²) < 4.78 is 2.19.